The molecular weight excluding hydrogens is 515 g/mol. The predicted molar refractivity (Wildman–Crippen MR) is 134 cm³/mol. The molecule has 9 heteroatoms. The molecule has 2 N–H and O–H groups in total. The van der Waals surface area contributed by atoms with Gasteiger partial charge in [-0.3, -0.25) is 9.89 Å². The van der Waals surface area contributed by atoms with E-state index in [9.17, 15) is 8.42 Å². The smallest absolute Gasteiger partial charge is 0.191 e. The highest BCUT2D eigenvalue weighted by Gasteiger charge is 2.22. The number of benzene rings is 1. The third-order valence-electron chi connectivity index (χ3n) is 4.95. The Morgan fingerprint density at radius 3 is 2.27 bits per heavy atom. The molecule has 1 aliphatic rings. The highest BCUT2D eigenvalue weighted by atomic mass is 127. The van der Waals surface area contributed by atoms with Crippen molar-refractivity contribution in [2.75, 3.05) is 46.2 Å². The van der Waals surface area contributed by atoms with Crippen LogP contribution < -0.4 is 10.6 Å². The fourth-order valence-electron chi connectivity index (χ4n) is 3.53. The van der Waals surface area contributed by atoms with Crippen LogP contribution in [0.3, 0.4) is 0 Å². The van der Waals surface area contributed by atoms with Crippen molar-refractivity contribution in [3.8, 4) is 0 Å². The van der Waals surface area contributed by atoms with E-state index in [-0.39, 0.29) is 29.7 Å². The van der Waals surface area contributed by atoms with E-state index in [2.05, 4.69) is 34.4 Å². The van der Waals surface area contributed by atoms with Crippen molar-refractivity contribution in [1.82, 2.24) is 15.5 Å². The molecule has 30 heavy (non-hydrogen) atoms. The number of hydrogen-bond acceptors (Lipinski definition) is 5. The van der Waals surface area contributed by atoms with Crippen molar-refractivity contribution in [3.05, 3.63) is 35.4 Å². The standard InChI is InChI=1S/C21H36N4O3S.HI/c1-17(2)13-20(25-9-11-28-12-10-25)15-24-21(22-3)23-14-18-5-7-19(8-6-18)16-29(4,26)27;/h5-8,17,20H,9-16H2,1-4H3,(H2,22,23,24);1H. The lowest BCUT2D eigenvalue weighted by atomic mass is 10.0. The molecule has 2 rings (SSSR count). The first kappa shape index (κ1) is 27.1. The van der Waals surface area contributed by atoms with Gasteiger partial charge in [0.2, 0.25) is 0 Å². The summed E-state index contributed by atoms with van der Waals surface area (Å²) < 4.78 is 28.3. The predicted octanol–water partition coefficient (Wildman–Crippen LogP) is 2.26. The van der Waals surface area contributed by atoms with E-state index < -0.39 is 9.84 Å². The van der Waals surface area contributed by atoms with Crippen LogP contribution in [0, 0.1) is 5.92 Å². The van der Waals surface area contributed by atoms with Crippen LogP contribution in [0.15, 0.2) is 29.3 Å². The molecule has 1 fully saturated rings. The Kier molecular flexibility index (Phi) is 12.2. The lowest BCUT2D eigenvalue weighted by Crippen LogP contribution is -2.50. The molecule has 0 spiro atoms. The van der Waals surface area contributed by atoms with Crippen LogP contribution in [0.4, 0.5) is 0 Å². The molecular formula is C21H37IN4O3S. The summed E-state index contributed by atoms with van der Waals surface area (Å²) in [6.45, 7) is 9.54. The van der Waals surface area contributed by atoms with Crippen molar-refractivity contribution >= 4 is 39.8 Å². The third kappa shape index (κ3) is 10.4. The molecule has 1 unspecified atom stereocenters. The topological polar surface area (TPSA) is 83.0 Å². The zero-order valence-corrected chi connectivity index (χ0v) is 21.7. The molecule has 172 valence electrons. The molecule has 1 aromatic rings. The average Bonchev–Trinajstić information content (AvgIpc) is 2.67. The van der Waals surface area contributed by atoms with Crippen molar-refractivity contribution in [2.45, 2.75) is 38.6 Å². The zero-order chi connectivity index (χ0) is 21.3. The van der Waals surface area contributed by atoms with Gasteiger partial charge in [-0.15, -0.1) is 24.0 Å². The van der Waals surface area contributed by atoms with Crippen molar-refractivity contribution in [3.63, 3.8) is 0 Å². The van der Waals surface area contributed by atoms with Crippen LogP contribution in [0.5, 0.6) is 0 Å². The molecule has 0 aliphatic carbocycles. The Balaban J connectivity index is 0.00000450. The number of nitrogens with one attached hydrogen (secondary N) is 2. The fourth-order valence-corrected chi connectivity index (χ4v) is 4.32. The lowest BCUT2D eigenvalue weighted by Gasteiger charge is -2.35. The van der Waals surface area contributed by atoms with E-state index in [4.69, 9.17) is 4.74 Å². The quantitative estimate of drug-likeness (QED) is 0.278. The maximum absolute atomic E-state index is 11.4. The number of guanidine groups is 1. The molecule has 0 aromatic heterocycles. The molecule has 1 atom stereocenters. The second-order valence-corrected chi connectivity index (χ2v) is 10.3. The number of aliphatic imine (C=N–C) groups is 1. The summed E-state index contributed by atoms with van der Waals surface area (Å²) in [5, 5.41) is 6.80. The maximum atomic E-state index is 11.4. The Morgan fingerprint density at radius 2 is 1.73 bits per heavy atom. The van der Waals surface area contributed by atoms with Crippen LogP contribution >= 0.6 is 24.0 Å². The molecule has 1 aliphatic heterocycles. The number of ether oxygens (including phenoxy) is 1. The normalized spacial score (nSPS) is 16.8. The third-order valence-corrected chi connectivity index (χ3v) is 5.80. The average molecular weight is 553 g/mol. The summed E-state index contributed by atoms with van der Waals surface area (Å²) in [4.78, 5) is 6.84. The van der Waals surface area contributed by atoms with Gasteiger partial charge in [-0.1, -0.05) is 38.1 Å². The van der Waals surface area contributed by atoms with Gasteiger partial charge in [0.1, 0.15) is 0 Å². The van der Waals surface area contributed by atoms with Gasteiger partial charge in [0.05, 0.1) is 19.0 Å². The SMILES string of the molecule is CN=C(NCc1ccc(CS(C)(=O)=O)cc1)NCC(CC(C)C)N1CCOCC1.I. The number of sulfone groups is 1. The van der Waals surface area contributed by atoms with Crippen LogP contribution in [-0.4, -0.2) is 71.5 Å². The van der Waals surface area contributed by atoms with Crippen LogP contribution in [0.2, 0.25) is 0 Å². The largest absolute Gasteiger partial charge is 0.379 e. The van der Waals surface area contributed by atoms with Crippen molar-refractivity contribution in [2.24, 2.45) is 10.9 Å². The number of rotatable bonds is 9. The van der Waals surface area contributed by atoms with Crippen LogP contribution in [0.25, 0.3) is 0 Å². The molecule has 0 saturated carbocycles. The highest BCUT2D eigenvalue weighted by Crippen LogP contribution is 2.13. The van der Waals surface area contributed by atoms with E-state index in [1.807, 2.05) is 24.3 Å². The summed E-state index contributed by atoms with van der Waals surface area (Å²) in [5.74, 6) is 1.47. The van der Waals surface area contributed by atoms with Crippen LogP contribution in [0.1, 0.15) is 31.4 Å². The molecule has 7 nitrogen and oxygen atoms in total. The molecule has 1 saturated heterocycles. The van der Waals surface area contributed by atoms with Crippen molar-refractivity contribution < 1.29 is 13.2 Å². The molecule has 0 bridgehead atoms. The molecule has 0 amide bonds. The van der Waals surface area contributed by atoms with Gasteiger partial charge in [-0.25, -0.2) is 8.42 Å². The fraction of sp³-hybridized carbons (Fsp3) is 0.667. The Hall–Kier alpha value is -0.910. The minimum atomic E-state index is -3.01. The minimum Gasteiger partial charge on any atom is -0.379 e. The zero-order valence-electron chi connectivity index (χ0n) is 18.6. The van der Waals surface area contributed by atoms with Crippen molar-refractivity contribution in [1.29, 1.82) is 0 Å². The molecule has 1 aromatic carbocycles. The number of morpholine rings is 1. The van der Waals surface area contributed by atoms with E-state index in [0.29, 0.717) is 18.5 Å². The van der Waals surface area contributed by atoms with Gasteiger partial charge in [-0.05, 0) is 23.5 Å². The van der Waals surface area contributed by atoms with E-state index in [1.165, 1.54) is 6.26 Å². The second-order valence-electron chi connectivity index (χ2n) is 8.12. The first-order valence-corrected chi connectivity index (χ1v) is 12.3. The molecule has 0 radical (unpaired) electrons. The second kappa shape index (κ2) is 13.5. The number of halogens is 1. The van der Waals surface area contributed by atoms with Gasteiger partial charge in [0, 0.05) is 45.5 Å². The van der Waals surface area contributed by atoms with Crippen LogP contribution in [-0.2, 0) is 26.9 Å². The van der Waals surface area contributed by atoms with E-state index in [0.717, 1.165) is 56.4 Å². The number of nitrogens with zero attached hydrogens (tertiary/aromatic N) is 2. The van der Waals surface area contributed by atoms with Gasteiger partial charge >= 0.3 is 0 Å². The minimum absolute atomic E-state index is 0. The number of hydrogen-bond donors (Lipinski definition) is 2. The first-order valence-electron chi connectivity index (χ1n) is 10.3. The summed E-state index contributed by atoms with van der Waals surface area (Å²) >= 11 is 0. The summed E-state index contributed by atoms with van der Waals surface area (Å²) in [6.07, 6.45) is 2.38. The lowest BCUT2D eigenvalue weighted by molar-refractivity contribution is 0.0132. The van der Waals surface area contributed by atoms with Gasteiger partial charge in [0.15, 0.2) is 15.8 Å². The Bertz CT molecular complexity index is 748. The highest BCUT2D eigenvalue weighted by molar-refractivity contribution is 14.0. The van der Waals surface area contributed by atoms with Gasteiger partial charge in [0.25, 0.3) is 0 Å². The monoisotopic (exact) mass is 552 g/mol. The Labute approximate surface area is 199 Å². The van der Waals surface area contributed by atoms with E-state index in [1.54, 1.807) is 7.05 Å². The van der Waals surface area contributed by atoms with Gasteiger partial charge < -0.3 is 15.4 Å². The summed E-state index contributed by atoms with van der Waals surface area (Å²) in [7, 11) is -1.24. The summed E-state index contributed by atoms with van der Waals surface area (Å²) in [6, 6.07) is 8.09. The summed E-state index contributed by atoms with van der Waals surface area (Å²) in [5.41, 5.74) is 1.89. The maximum Gasteiger partial charge on any atom is 0.191 e. The van der Waals surface area contributed by atoms with E-state index >= 15 is 0 Å². The Morgan fingerprint density at radius 1 is 1.13 bits per heavy atom. The first-order chi connectivity index (χ1) is 13.8. The van der Waals surface area contributed by atoms with Gasteiger partial charge in [-0.2, -0.15) is 0 Å². The molecule has 1 heterocycles.